The van der Waals surface area contributed by atoms with E-state index in [9.17, 15) is 14.0 Å². The Balaban J connectivity index is 1.79. The van der Waals surface area contributed by atoms with Crippen LogP contribution < -0.4 is 10.9 Å². The zero-order chi connectivity index (χ0) is 21.5. The van der Waals surface area contributed by atoms with E-state index in [1.54, 1.807) is 22.8 Å². The number of amides is 1. The van der Waals surface area contributed by atoms with Crippen molar-refractivity contribution in [3.8, 4) is 0 Å². The summed E-state index contributed by atoms with van der Waals surface area (Å²) in [6, 6.07) is 10.4. The Morgan fingerprint density at radius 2 is 2.03 bits per heavy atom. The van der Waals surface area contributed by atoms with E-state index in [1.165, 1.54) is 24.3 Å². The molecule has 0 aliphatic carbocycles. The van der Waals surface area contributed by atoms with Gasteiger partial charge in [0.1, 0.15) is 5.82 Å². The van der Waals surface area contributed by atoms with Gasteiger partial charge in [0.2, 0.25) is 5.91 Å². The molecule has 1 aromatic heterocycles. The van der Waals surface area contributed by atoms with Crippen LogP contribution in [-0.4, -0.2) is 34.4 Å². The number of aromatic nitrogens is 2. The normalized spacial score (nSPS) is 11.0. The van der Waals surface area contributed by atoms with Crippen molar-refractivity contribution in [2.75, 3.05) is 24.3 Å². The van der Waals surface area contributed by atoms with Crippen molar-refractivity contribution in [1.82, 2.24) is 9.55 Å². The minimum absolute atomic E-state index is 0.0430. The Labute approximate surface area is 182 Å². The highest BCUT2D eigenvalue weighted by atomic mass is 35.5. The van der Waals surface area contributed by atoms with Crippen molar-refractivity contribution in [3.63, 3.8) is 0 Å². The van der Waals surface area contributed by atoms with Crippen LogP contribution in [0.25, 0.3) is 10.9 Å². The molecule has 0 saturated heterocycles. The largest absolute Gasteiger partial charge is 0.382 e. The first-order valence-corrected chi connectivity index (χ1v) is 10.8. The third kappa shape index (κ3) is 5.81. The molecule has 3 aromatic rings. The van der Waals surface area contributed by atoms with Crippen LogP contribution >= 0.6 is 23.4 Å². The lowest BCUT2D eigenvalue weighted by Gasteiger charge is -2.13. The predicted octanol–water partition coefficient (Wildman–Crippen LogP) is 4.35. The molecule has 0 unspecified atom stereocenters. The zero-order valence-corrected chi connectivity index (χ0v) is 17.9. The van der Waals surface area contributed by atoms with E-state index in [4.69, 9.17) is 16.3 Å². The summed E-state index contributed by atoms with van der Waals surface area (Å²) in [5.41, 5.74) is 0.791. The molecule has 0 atom stereocenters. The number of hydrogen-bond acceptors (Lipinski definition) is 5. The lowest BCUT2D eigenvalue weighted by atomic mass is 10.2. The molecular weight excluding hydrogens is 429 g/mol. The van der Waals surface area contributed by atoms with Crippen molar-refractivity contribution in [2.45, 2.75) is 25.0 Å². The average molecular weight is 450 g/mol. The number of carbonyl (C=O) groups is 1. The summed E-state index contributed by atoms with van der Waals surface area (Å²) in [5, 5.41) is 4.08. The van der Waals surface area contributed by atoms with Crippen LogP contribution in [0.2, 0.25) is 5.02 Å². The van der Waals surface area contributed by atoms with Crippen molar-refractivity contribution >= 4 is 45.9 Å². The molecule has 0 aliphatic rings. The number of fused-ring (bicyclic) bond motifs is 1. The molecule has 1 amide bonds. The number of nitrogens with one attached hydrogen (secondary N) is 1. The topological polar surface area (TPSA) is 73.2 Å². The van der Waals surface area contributed by atoms with Gasteiger partial charge in [0.15, 0.2) is 5.16 Å². The van der Waals surface area contributed by atoms with Gasteiger partial charge in [-0.2, -0.15) is 0 Å². The van der Waals surface area contributed by atoms with Gasteiger partial charge in [0.05, 0.1) is 16.7 Å². The highest BCUT2D eigenvalue weighted by molar-refractivity contribution is 7.99. The van der Waals surface area contributed by atoms with E-state index >= 15 is 0 Å². The van der Waals surface area contributed by atoms with E-state index in [0.717, 1.165) is 11.8 Å². The third-order valence-electron chi connectivity index (χ3n) is 4.22. The van der Waals surface area contributed by atoms with Crippen molar-refractivity contribution in [3.05, 3.63) is 63.7 Å². The van der Waals surface area contributed by atoms with Gasteiger partial charge in [0.25, 0.3) is 5.56 Å². The van der Waals surface area contributed by atoms with Gasteiger partial charge < -0.3 is 10.1 Å². The number of rotatable bonds is 9. The van der Waals surface area contributed by atoms with Gasteiger partial charge in [-0.15, -0.1) is 0 Å². The number of benzene rings is 2. The van der Waals surface area contributed by atoms with Crippen molar-refractivity contribution < 1.29 is 13.9 Å². The molecular formula is C21H21ClFN3O3S. The molecule has 3 rings (SSSR count). The van der Waals surface area contributed by atoms with Gasteiger partial charge >= 0.3 is 0 Å². The van der Waals surface area contributed by atoms with E-state index in [-0.39, 0.29) is 23.0 Å². The van der Waals surface area contributed by atoms with E-state index < -0.39 is 0 Å². The summed E-state index contributed by atoms with van der Waals surface area (Å²) in [7, 11) is 0. The number of anilines is 1. The van der Waals surface area contributed by atoms with E-state index in [2.05, 4.69) is 10.3 Å². The van der Waals surface area contributed by atoms with Crippen LogP contribution in [0.1, 0.15) is 13.3 Å². The Bertz CT molecular complexity index is 1090. The van der Waals surface area contributed by atoms with Crippen LogP contribution in [-0.2, 0) is 16.1 Å². The van der Waals surface area contributed by atoms with Crippen LogP contribution in [0.5, 0.6) is 0 Å². The number of hydrogen-bond donors (Lipinski definition) is 1. The number of ether oxygens (including phenoxy) is 1. The first-order chi connectivity index (χ1) is 14.5. The van der Waals surface area contributed by atoms with Gasteiger partial charge in [-0.1, -0.05) is 23.4 Å². The zero-order valence-electron chi connectivity index (χ0n) is 16.4. The number of nitrogens with zero attached hydrogens (tertiary/aromatic N) is 2. The first kappa shape index (κ1) is 22.3. The minimum atomic E-state index is -0.377. The molecule has 1 N–H and O–H groups in total. The molecule has 9 heteroatoms. The fraction of sp³-hybridized carbons (Fsp3) is 0.286. The maximum absolute atomic E-state index is 13.0. The molecule has 2 aromatic carbocycles. The SMILES string of the molecule is CCOCCCn1c(SCC(=O)Nc2ccc(F)cc2)nc2cc(Cl)ccc2c1=O. The summed E-state index contributed by atoms with van der Waals surface area (Å²) in [6.07, 6.45) is 0.643. The maximum Gasteiger partial charge on any atom is 0.262 e. The van der Waals surface area contributed by atoms with Crippen LogP contribution in [0.3, 0.4) is 0 Å². The molecule has 6 nitrogen and oxygen atoms in total. The Hall–Kier alpha value is -2.42. The Morgan fingerprint density at radius 1 is 1.27 bits per heavy atom. The van der Waals surface area contributed by atoms with Crippen LogP contribution in [0, 0.1) is 5.82 Å². The van der Waals surface area contributed by atoms with Crippen LogP contribution in [0.4, 0.5) is 10.1 Å². The molecule has 1 heterocycles. The second-order valence-corrected chi connectivity index (χ2v) is 7.79. The van der Waals surface area contributed by atoms with Gasteiger partial charge in [-0.25, -0.2) is 9.37 Å². The number of halogens is 2. The quantitative estimate of drug-likeness (QED) is 0.299. The molecule has 0 spiro atoms. The lowest BCUT2D eigenvalue weighted by molar-refractivity contribution is -0.113. The summed E-state index contributed by atoms with van der Waals surface area (Å²) in [4.78, 5) is 29.8. The second-order valence-electron chi connectivity index (χ2n) is 6.41. The lowest BCUT2D eigenvalue weighted by Crippen LogP contribution is -2.25. The fourth-order valence-electron chi connectivity index (χ4n) is 2.81. The minimum Gasteiger partial charge on any atom is -0.382 e. The van der Waals surface area contributed by atoms with E-state index in [1.807, 2.05) is 6.92 Å². The van der Waals surface area contributed by atoms with Gasteiger partial charge in [-0.05, 0) is 55.8 Å². The predicted molar refractivity (Wildman–Crippen MR) is 118 cm³/mol. The highest BCUT2D eigenvalue weighted by Crippen LogP contribution is 2.21. The second kappa shape index (κ2) is 10.6. The highest BCUT2D eigenvalue weighted by Gasteiger charge is 2.14. The average Bonchev–Trinajstić information content (AvgIpc) is 2.72. The number of carbonyl (C=O) groups excluding carboxylic acids is 1. The molecule has 158 valence electrons. The first-order valence-electron chi connectivity index (χ1n) is 9.44. The van der Waals surface area contributed by atoms with Crippen molar-refractivity contribution in [1.29, 1.82) is 0 Å². The molecule has 0 bridgehead atoms. The van der Waals surface area contributed by atoms with Crippen molar-refractivity contribution in [2.24, 2.45) is 0 Å². The van der Waals surface area contributed by atoms with E-state index in [0.29, 0.717) is 52.9 Å². The summed E-state index contributed by atoms with van der Waals surface area (Å²) < 4.78 is 19.9. The molecule has 0 fully saturated rings. The fourth-order valence-corrected chi connectivity index (χ4v) is 3.80. The summed E-state index contributed by atoms with van der Waals surface area (Å²) in [6.45, 7) is 3.46. The molecule has 30 heavy (non-hydrogen) atoms. The molecule has 0 radical (unpaired) electrons. The maximum atomic E-state index is 13.0. The Morgan fingerprint density at radius 3 is 2.77 bits per heavy atom. The van der Waals surface area contributed by atoms with Crippen LogP contribution in [0.15, 0.2) is 52.4 Å². The molecule has 0 saturated carbocycles. The standard InChI is InChI=1S/C21H21ClFN3O3S/c1-2-29-11-3-10-26-20(28)17-9-4-14(22)12-18(17)25-21(26)30-13-19(27)24-16-7-5-15(23)6-8-16/h4-9,12H,2-3,10-11,13H2,1H3,(H,24,27). The monoisotopic (exact) mass is 449 g/mol. The molecule has 0 aliphatic heterocycles. The summed E-state index contributed by atoms with van der Waals surface area (Å²) >= 11 is 7.21. The Kier molecular flexibility index (Phi) is 7.84. The van der Waals surface area contributed by atoms with Gasteiger partial charge in [-0.3, -0.25) is 14.2 Å². The summed E-state index contributed by atoms with van der Waals surface area (Å²) in [5.74, 6) is -0.619. The smallest absolute Gasteiger partial charge is 0.262 e. The third-order valence-corrected chi connectivity index (χ3v) is 5.43. The van der Waals surface area contributed by atoms with Gasteiger partial charge in [0, 0.05) is 30.5 Å². The number of thioether (sulfide) groups is 1.